The predicted octanol–water partition coefficient (Wildman–Crippen LogP) is 1.82. The number of hydrogen-bond donors (Lipinski definition) is 1. The van der Waals surface area contributed by atoms with Crippen molar-refractivity contribution in [3.05, 3.63) is 35.9 Å². The van der Waals surface area contributed by atoms with E-state index in [9.17, 15) is 9.59 Å². The molecule has 2 saturated heterocycles. The second-order valence-corrected chi connectivity index (χ2v) is 7.23. The molecule has 136 valence electrons. The molecule has 1 atom stereocenters. The molecule has 2 amide bonds. The van der Waals surface area contributed by atoms with Crippen molar-refractivity contribution in [2.45, 2.75) is 44.6 Å². The predicted molar refractivity (Wildman–Crippen MR) is 98.2 cm³/mol. The largest absolute Gasteiger partial charge is 0.350 e. The van der Waals surface area contributed by atoms with Gasteiger partial charge in [-0.1, -0.05) is 36.8 Å². The topological polar surface area (TPSA) is 52.7 Å². The molecule has 0 spiro atoms. The second kappa shape index (κ2) is 8.99. The molecule has 2 heterocycles. The van der Waals surface area contributed by atoms with Gasteiger partial charge in [-0.3, -0.25) is 9.59 Å². The maximum absolute atomic E-state index is 12.5. The first kappa shape index (κ1) is 17.9. The minimum absolute atomic E-state index is 0.0341. The zero-order valence-electron chi connectivity index (χ0n) is 15.0. The fraction of sp³-hybridized carbons (Fsp3) is 0.600. The van der Waals surface area contributed by atoms with Crippen molar-refractivity contribution in [1.82, 2.24) is 15.1 Å². The molecule has 2 aliphatic heterocycles. The van der Waals surface area contributed by atoms with Crippen LogP contribution in [-0.4, -0.2) is 60.4 Å². The SMILES string of the molecule is O=C(CN1CCCC1=O)N[C@H](Cc1ccccc1)CN1CCCCC1. The summed E-state index contributed by atoms with van der Waals surface area (Å²) < 4.78 is 0. The van der Waals surface area contributed by atoms with Crippen LogP contribution in [0.4, 0.5) is 0 Å². The monoisotopic (exact) mass is 343 g/mol. The van der Waals surface area contributed by atoms with Crippen molar-refractivity contribution < 1.29 is 9.59 Å². The quantitative estimate of drug-likeness (QED) is 0.822. The van der Waals surface area contributed by atoms with Gasteiger partial charge in [-0.25, -0.2) is 0 Å². The highest BCUT2D eigenvalue weighted by Gasteiger charge is 2.24. The van der Waals surface area contributed by atoms with Crippen LogP contribution >= 0.6 is 0 Å². The molecule has 3 rings (SSSR count). The van der Waals surface area contributed by atoms with Crippen molar-refractivity contribution in [3.8, 4) is 0 Å². The Kier molecular flexibility index (Phi) is 6.45. The lowest BCUT2D eigenvalue weighted by Gasteiger charge is -2.31. The van der Waals surface area contributed by atoms with E-state index in [-0.39, 0.29) is 24.4 Å². The van der Waals surface area contributed by atoms with Crippen LogP contribution in [0.5, 0.6) is 0 Å². The number of amides is 2. The van der Waals surface area contributed by atoms with Gasteiger partial charge in [0, 0.05) is 25.6 Å². The number of rotatable bonds is 7. The van der Waals surface area contributed by atoms with Crippen molar-refractivity contribution in [3.63, 3.8) is 0 Å². The number of carbonyl (C=O) groups excluding carboxylic acids is 2. The Bertz CT molecular complexity index is 570. The van der Waals surface area contributed by atoms with Gasteiger partial charge >= 0.3 is 0 Å². The van der Waals surface area contributed by atoms with E-state index in [4.69, 9.17) is 0 Å². The standard InChI is InChI=1S/C20H29N3O2/c24-19(16-23-13-7-10-20(23)25)21-18(14-17-8-3-1-4-9-17)15-22-11-5-2-6-12-22/h1,3-4,8-9,18H,2,5-7,10-16H2,(H,21,24)/t18-/m1/s1. The Hall–Kier alpha value is -1.88. The fourth-order valence-electron chi connectivity index (χ4n) is 3.83. The van der Waals surface area contributed by atoms with Gasteiger partial charge in [0.25, 0.3) is 0 Å². The molecule has 1 N–H and O–H groups in total. The van der Waals surface area contributed by atoms with E-state index in [1.54, 1.807) is 4.90 Å². The summed E-state index contributed by atoms with van der Waals surface area (Å²) in [5.41, 5.74) is 1.24. The van der Waals surface area contributed by atoms with Gasteiger partial charge in [-0.05, 0) is 44.3 Å². The highest BCUT2D eigenvalue weighted by atomic mass is 16.2. The molecular formula is C20H29N3O2. The first-order valence-electron chi connectivity index (χ1n) is 9.54. The molecule has 0 aromatic heterocycles. The third kappa shape index (κ3) is 5.56. The van der Waals surface area contributed by atoms with Crippen molar-refractivity contribution in [2.75, 3.05) is 32.7 Å². The van der Waals surface area contributed by atoms with Crippen LogP contribution in [0, 0.1) is 0 Å². The van der Waals surface area contributed by atoms with E-state index in [0.29, 0.717) is 13.0 Å². The van der Waals surface area contributed by atoms with Crippen LogP contribution in [0.1, 0.15) is 37.7 Å². The Morgan fingerprint density at radius 3 is 2.48 bits per heavy atom. The van der Waals surface area contributed by atoms with Gasteiger partial charge < -0.3 is 15.1 Å². The van der Waals surface area contributed by atoms with Crippen LogP contribution < -0.4 is 5.32 Å². The maximum Gasteiger partial charge on any atom is 0.239 e. The third-order valence-electron chi connectivity index (χ3n) is 5.12. The van der Waals surface area contributed by atoms with Gasteiger partial charge in [0.1, 0.15) is 0 Å². The summed E-state index contributed by atoms with van der Waals surface area (Å²) in [5.74, 6) is 0.0685. The summed E-state index contributed by atoms with van der Waals surface area (Å²) in [4.78, 5) is 28.3. The molecule has 0 saturated carbocycles. The van der Waals surface area contributed by atoms with Crippen LogP contribution in [0.15, 0.2) is 30.3 Å². The van der Waals surface area contributed by atoms with Crippen LogP contribution in [0.2, 0.25) is 0 Å². The summed E-state index contributed by atoms with van der Waals surface area (Å²) in [6.45, 7) is 4.03. The van der Waals surface area contributed by atoms with E-state index in [1.165, 1.54) is 24.8 Å². The first-order chi connectivity index (χ1) is 12.2. The second-order valence-electron chi connectivity index (χ2n) is 7.23. The minimum Gasteiger partial charge on any atom is -0.350 e. The van der Waals surface area contributed by atoms with Gasteiger partial charge in [0.05, 0.1) is 6.54 Å². The van der Waals surface area contributed by atoms with Crippen LogP contribution in [-0.2, 0) is 16.0 Å². The molecule has 0 unspecified atom stereocenters. The molecule has 2 fully saturated rings. The zero-order chi connectivity index (χ0) is 17.5. The molecule has 5 nitrogen and oxygen atoms in total. The zero-order valence-corrected chi connectivity index (χ0v) is 15.0. The Morgan fingerprint density at radius 1 is 1.04 bits per heavy atom. The molecule has 25 heavy (non-hydrogen) atoms. The molecule has 1 aromatic carbocycles. The molecule has 0 bridgehead atoms. The lowest BCUT2D eigenvalue weighted by Crippen LogP contribution is -2.49. The van der Waals surface area contributed by atoms with E-state index in [1.807, 2.05) is 18.2 Å². The number of hydrogen-bond acceptors (Lipinski definition) is 3. The lowest BCUT2D eigenvalue weighted by atomic mass is 10.0. The molecule has 2 aliphatic rings. The average molecular weight is 343 g/mol. The summed E-state index contributed by atoms with van der Waals surface area (Å²) >= 11 is 0. The highest BCUT2D eigenvalue weighted by Crippen LogP contribution is 2.12. The lowest BCUT2D eigenvalue weighted by molar-refractivity contribution is -0.133. The van der Waals surface area contributed by atoms with Gasteiger partial charge in [0.2, 0.25) is 11.8 Å². The van der Waals surface area contributed by atoms with Gasteiger partial charge in [-0.15, -0.1) is 0 Å². The molecule has 1 aromatic rings. The summed E-state index contributed by atoms with van der Waals surface area (Å²) in [6.07, 6.45) is 6.07. The summed E-state index contributed by atoms with van der Waals surface area (Å²) in [6, 6.07) is 10.4. The minimum atomic E-state index is -0.0341. The van der Waals surface area contributed by atoms with E-state index in [2.05, 4.69) is 22.3 Å². The van der Waals surface area contributed by atoms with Crippen molar-refractivity contribution in [2.24, 2.45) is 0 Å². The normalized spacial score (nSPS) is 19.8. The molecule has 0 aliphatic carbocycles. The van der Waals surface area contributed by atoms with Crippen molar-refractivity contribution >= 4 is 11.8 Å². The molecule has 0 radical (unpaired) electrons. The van der Waals surface area contributed by atoms with Gasteiger partial charge in [0.15, 0.2) is 0 Å². The number of benzene rings is 1. The van der Waals surface area contributed by atoms with Crippen LogP contribution in [0.25, 0.3) is 0 Å². The molecule has 5 heteroatoms. The fourth-order valence-corrected chi connectivity index (χ4v) is 3.83. The molecular weight excluding hydrogens is 314 g/mol. The number of nitrogens with zero attached hydrogens (tertiary/aromatic N) is 2. The van der Waals surface area contributed by atoms with E-state index in [0.717, 1.165) is 32.5 Å². The number of likely N-dealkylation sites (tertiary alicyclic amines) is 2. The highest BCUT2D eigenvalue weighted by molar-refractivity contribution is 5.85. The smallest absolute Gasteiger partial charge is 0.239 e. The Balaban J connectivity index is 1.58. The maximum atomic E-state index is 12.5. The van der Waals surface area contributed by atoms with E-state index >= 15 is 0 Å². The van der Waals surface area contributed by atoms with E-state index < -0.39 is 0 Å². The third-order valence-corrected chi connectivity index (χ3v) is 5.12. The van der Waals surface area contributed by atoms with Crippen molar-refractivity contribution in [1.29, 1.82) is 0 Å². The first-order valence-corrected chi connectivity index (χ1v) is 9.54. The summed E-state index contributed by atoms with van der Waals surface area (Å²) in [7, 11) is 0. The summed E-state index contributed by atoms with van der Waals surface area (Å²) in [5, 5.41) is 3.19. The average Bonchev–Trinajstić information content (AvgIpc) is 3.01. The Labute approximate surface area is 150 Å². The van der Waals surface area contributed by atoms with Crippen LogP contribution in [0.3, 0.4) is 0 Å². The number of piperidine rings is 1. The van der Waals surface area contributed by atoms with Gasteiger partial charge in [-0.2, -0.15) is 0 Å². The number of nitrogens with one attached hydrogen (secondary N) is 1. The Morgan fingerprint density at radius 2 is 1.80 bits per heavy atom. The number of carbonyl (C=O) groups is 2.